The first-order valence-corrected chi connectivity index (χ1v) is 6.38. The van der Waals surface area contributed by atoms with Crippen molar-refractivity contribution in [1.82, 2.24) is 0 Å². The molecule has 0 spiro atoms. The second kappa shape index (κ2) is 4.96. The lowest BCUT2D eigenvalue weighted by Gasteiger charge is -2.29. The zero-order valence-electron chi connectivity index (χ0n) is 11.1. The van der Waals surface area contributed by atoms with Crippen LogP contribution in [0.1, 0.15) is 30.9 Å². The minimum atomic E-state index is -4.76. The lowest BCUT2D eigenvalue weighted by atomic mass is 9.92. The Kier molecular flexibility index (Phi) is 3.63. The fraction of sp³-hybridized carbons (Fsp3) is 0.400. The largest absolute Gasteiger partial charge is 0.451 e. The lowest BCUT2D eigenvalue weighted by Crippen LogP contribution is -2.32. The highest BCUT2D eigenvalue weighted by Crippen LogP contribution is 2.43. The molecule has 1 unspecified atom stereocenters. The summed E-state index contributed by atoms with van der Waals surface area (Å²) in [6.45, 7) is 4.59. The van der Waals surface area contributed by atoms with Gasteiger partial charge in [-0.3, -0.25) is 0 Å². The van der Waals surface area contributed by atoms with Crippen LogP contribution in [0.25, 0.3) is 0 Å². The molecule has 0 saturated carbocycles. The van der Waals surface area contributed by atoms with Crippen molar-refractivity contribution in [2.75, 3.05) is 0 Å². The van der Waals surface area contributed by atoms with Gasteiger partial charge in [0.2, 0.25) is 0 Å². The van der Waals surface area contributed by atoms with Gasteiger partial charge in [-0.1, -0.05) is 37.8 Å². The van der Waals surface area contributed by atoms with Crippen molar-refractivity contribution in [3.63, 3.8) is 0 Å². The quantitative estimate of drug-likeness (QED) is 0.621. The highest BCUT2D eigenvalue weighted by atomic mass is 19.4. The average molecular weight is 284 g/mol. The Morgan fingerprint density at radius 1 is 1.40 bits per heavy atom. The average Bonchev–Trinajstić information content (AvgIpc) is 2.77. The van der Waals surface area contributed by atoms with Gasteiger partial charge in [0.1, 0.15) is 11.2 Å². The third-order valence-electron chi connectivity index (χ3n) is 3.75. The summed E-state index contributed by atoms with van der Waals surface area (Å²) in [5.41, 5.74) is -0.623. The predicted octanol–water partition coefficient (Wildman–Crippen LogP) is 3.90. The van der Waals surface area contributed by atoms with Gasteiger partial charge in [-0.25, -0.2) is 4.79 Å². The Hall–Kier alpha value is -1.78. The molecule has 20 heavy (non-hydrogen) atoms. The predicted molar refractivity (Wildman–Crippen MR) is 68.0 cm³/mol. The van der Waals surface area contributed by atoms with Gasteiger partial charge in [-0.2, -0.15) is 13.2 Å². The van der Waals surface area contributed by atoms with Gasteiger partial charge in [-0.15, -0.1) is 0 Å². The molecule has 1 atom stereocenters. The molecule has 0 bridgehead atoms. The molecule has 0 N–H and O–H groups in total. The van der Waals surface area contributed by atoms with Crippen LogP contribution in [-0.4, -0.2) is 12.1 Å². The fourth-order valence-electron chi connectivity index (χ4n) is 2.55. The highest BCUT2D eigenvalue weighted by Gasteiger charge is 2.45. The molecule has 0 heterocycles. The van der Waals surface area contributed by atoms with E-state index in [1.54, 1.807) is 19.1 Å². The van der Waals surface area contributed by atoms with Crippen LogP contribution in [0.3, 0.4) is 0 Å². The number of esters is 1. The van der Waals surface area contributed by atoms with Crippen molar-refractivity contribution in [2.24, 2.45) is 0 Å². The number of carbonyl (C=O) groups excluding carboxylic acids is 1. The molecule has 0 aromatic heterocycles. The Morgan fingerprint density at radius 2 is 2.05 bits per heavy atom. The maximum absolute atomic E-state index is 12.5. The molecule has 1 aromatic carbocycles. The number of halogens is 3. The second-order valence-electron chi connectivity index (χ2n) is 4.87. The molecule has 108 valence electrons. The molecule has 1 aromatic rings. The first-order chi connectivity index (χ1) is 9.30. The summed E-state index contributed by atoms with van der Waals surface area (Å²) in [6.07, 6.45) is -3.14. The van der Waals surface area contributed by atoms with Crippen molar-refractivity contribution in [3.8, 4) is 0 Å². The van der Waals surface area contributed by atoms with Crippen molar-refractivity contribution in [2.45, 2.75) is 38.0 Å². The molecule has 0 fully saturated rings. The van der Waals surface area contributed by atoms with Gasteiger partial charge in [0.05, 0.1) is 0 Å². The van der Waals surface area contributed by atoms with Gasteiger partial charge in [-0.05, 0) is 30.4 Å². The van der Waals surface area contributed by atoms with Crippen LogP contribution in [0.5, 0.6) is 0 Å². The molecule has 2 rings (SSSR count). The molecule has 1 aliphatic carbocycles. The van der Waals surface area contributed by atoms with E-state index in [9.17, 15) is 18.0 Å². The number of hydrogen-bond acceptors (Lipinski definition) is 2. The van der Waals surface area contributed by atoms with Crippen LogP contribution in [0.2, 0.25) is 0 Å². The summed E-state index contributed by atoms with van der Waals surface area (Å²) in [5.74, 6) is -1.39. The van der Waals surface area contributed by atoms with Crippen LogP contribution in [0.4, 0.5) is 13.2 Å². The monoisotopic (exact) mass is 284 g/mol. The fourth-order valence-corrected chi connectivity index (χ4v) is 2.55. The first kappa shape index (κ1) is 14.6. The van der Waals surface area contributed by atoms with E-state index in [2.05, 4.69) is 6.58 Å². The Bertz CT molecular complexity index is 548. The minimum absolute atomic E-state index is 0.431. The summed E-state index contributed by atoms with van der Waals surface area (Å²) < 4.78 is 42.7. The van der Waals surface area contributed by atoms with Gasteiger partial charge in [0.15, 0.2) is 0 Å². The molecule has 2 nitrogen and oxygen atoms in total. The van der Waals surface area contributed by atoms with E-state index in [0.29, 0.717) is 19.3 Å². The second-order valence-corrected chi connectivity index (χ2v) is 4.87. The third-order valence-corrected chi connectivity index (χ3v) is 3.75. The van der Waals surface area contributed by atoms with Crippen molar-refractivity contribution in [1.29, 1.82) is 0 Å². The molecule has 0 saturated heterocycles. The van der Waals surface area contributed by atoms with E-state index >= 15 is 0 Å². The number of aryl methyl sites for hydroxylation is 1. The van der Waals surface area contributed by atoms with Crippen LogP contribution in [-0.2, 0) is 21.6 Å². The molecular formula is C15H15F3O2. The van der Waals surface area contributed by atoms with E-state index in [0.717, 1.165) is 11.1 Å². The maximum Gasteiger partial charge on any atom is 0.422 e. The topological polar surface area (TPSA) is 26.3 Å². The number of fused-ring (bicyclic) bond motifs is 1. The van der Waals surface area contributed by atoms with Gasteiger partial charge in [0, 0.05) is 0 Å². The van der Waals surface area contributed by atoms with Gasteiger partial charge in [0.25, 0.3) is 0 Å². The Morgan fingerprint density at radius 3 is 2.65 bits per heavy atom. The third kappa shape index (κ3) is 2.44. The Labute approximate surface area is 115 Å². The molecule has 0 radical (unpaired) electrons. The van der Waals surface area contributed by atoms with E-state index < -0.39 is 23.3 Å². The number of hydrogen-bond donors (Lipinski definition) is 0. The molecule has 0 aliphatic heterocycles. The molecule has 1 aliphatic rings. The van der Waals surface area contributed by atoms with E-state index in [4.69, 9.17) is 4.74 Å². The maximum atomic E-state index is 12.5. The molecular weight excluding hydrogens is 269 g/mol. The van der Waals surface area contributed by atoms with Crippen molar-refractivity contribution < 1.29 is 22.7 Å². The number of rotatable bonds is 3. The van der Waals surface area contributed by atoms with Gasteiger partial charge < -0.3 is 4.74 Å². The van der Waals surface area contributed by atoms with E-state index in [1.807, 2.05) is 12.1 Å². The summed E-state index contributed by atoms with van der Waals surface area (Å²) in [5, 5.41) is 0. The Balaban J connectivity index is 2.27. The van der Waals surface area contributed by atoms with Crippen LogP contribution in [0.15, 0.2) is 36.4 Å². The molecule has 5 heteroatoms. The van der Waals surface area contributed by atoms with E-state index in [1.165, 1.54) is 0 Å². The number of benzene rings is 1. The molecule has 0 amide bonds. The first-order valence-electron chi connectivity index (χ1n) is 6.38. The minimum Gasteiger partial charge on any atom is -0.451 e. The number of ether oxygens (including phenoxy) is 1. The van der Waals surface area contributed by atoms with Crippen molar-refractivity contribution >= 4 is 5.97 Å². The summed E-state index contributed by atoms with van der Waals surface area (Å²) >= 11 is 0. The summed E-state index contributed by atoms with van der Waals surface area (Å²) in [7, 11) is 0. The SMILES string of the molecule is C=C(C(=O)OC1(CC)CCc2ccccc21)C(F)(F)F. The standard InChI is InChI=1S/C15H15F3O2/c1-3-14(20-13(19)10(2)15(16,17)18)9-8-11-6-4-5-7-12(11)14/h4-7H,2-3,8-9H2,1H3. The summed E-state index contributed by atoms with van der Waals surface area (Å²) in [6, 6.07) is 7.36. The van der Waals surface area contributed by atoms with Crippen LogP contribution >= 0.6 is 0 Å². The number of carbonyl (C=O) groups is 1. The number of alkyl halides is 3. The van der Waals surface area contributed by atoms with E-state index in [-0.39, 0.29) is 0 Å². The van der Waals surface area contributed by atoms with Crippen LogP contribution in [0, 0.1) is 0 Å². The summed E-state index contributed by atoms with van der Waals surface area (Å²) in [4.78, 5) is 11.7. The normalized spacial score (nSPS) is 21.4. The smallest absolute Gasteiger partial charge is 0.422 e. The zero-order valence-corrected chi connectivity index (χ0v) is 11.1. The van der Waals surface area contributed by atoms with Gasteiger partial charge >= 0.3 is 12.1 Å². The zero-order chi connectivity index (χ0) is 15.0. The lowest BCUT2D eigenvalue weighted by molar-refractivity contribution is -0.166. The highest BCUT2D eigenvalue weighted by molar-refractivity contribution is 5.89. The van der Waals surface area contributed by atoms with Crippen molar-refractivity contribution in [3.05, 3.63) is 47.5 Å². The van der Waals surface area contributed by atoms with Crippen LogP contribution < -0.4 is 0 Å².